The quantitative estimate of drug-likeness (QED) is 0.662. The summed E-state index contributed by atoms with van der Waals surface area (Å²) in [6.45, 7) is 12.2. The zero-order valence-corrected chi connectivity index (χ0v) is 10.2. The van der Waals surface area contributed by atoms with Crippen LogP contribution in [0, 0.1) is 34.5 Å². The molecule has 6 atom stereocenters. The van der Waals surface area contributed by atoms with Crippen LogP contribution in [0.4, 0.5) is 0 Å². The van der Waals surface area contributed by atoms with Gasteiger partial charge in [-0.3, -0.25) is 4.79 Å². The van der Waals surface area contributed by atoms with E-state index in [2.05, 4.69) is 33.1 Å². The van der Waals surface area contributed by atoms with E-state index in [-0.39, 0.29) is 5.41 Å². The lowest BCUT2D eigenvalue weighted by atomic mass is 9.71. The number of carbonyl (C=O) groups excluding carboxylic acids is 1. The van der Waals surface area contributed by atoms with Gasteiger partial charge in [0.2, 0.25) is 0 Å². The highest BCUT2D eigenvalue weighted by Gasteiger charge is 2.82. The van der Waals surface area contributed by atoms with Crippen LogP contribution in [0.15, 0.2) is 25.3 Å². The monoisotopic (exact) mass is 216 g/mol. The predicted octanol–water partition coefficient (Wildman–Crippen LogP) is 3.23. The number of fused-ring (bicyclic) bond motifs is 1. The molecule has 0 saturated heterocycles. The summed E-state index contributed by atoms with van der Waals surface area (Å²) < 4.78 is 0. The molecule has 0 heterocycles. The van der Waals surface area contributed by atoms with E-state index in [4.69, 9.17) is 0 Å². The van der Waals surface area contributed by atoms with Gasteiger partial charge in [0.1, 0.15) is 5.78 Å². The van der Waals surface area contributed by atoms with Crippen molar-refractivity contribution in [1.82, 2.24) is 0 Å². The Kier molecular flexibility index (Phi) is 1.74. The first-order chi connectivity index (χ1) is 7.51. The zero-order chi connectivity index (χ0) is 11.7. The van der Waals surface area contributed by atoms with Crippen molar-refractivity contribution < 1.29 is 4.79 Å². The van der Waals surface area contributed by atoms with Crippen molar-refractivity contribution >= 4 is 5.78 Å². The highest BCUT2D eigenvalue weighted by Crippen LogP contribution is 2.82. The Morgan fingerprint density at radius 3 is 2.62 bits per heavy atom. The summed E-state index contributed by atoms with van der Waals surface area (Å²) in [7, 11) is 0. The van der Waals surface area contributed by atoms with E-state index >= 15 is 0 Å². The minimum atomic E-state index is -0.130. The van der Waals surface area contributed by atoms with Crippen LogP contribution in [0.3, 0.4) is 0 Å². The Labute approximate surface area is 97.6 Å². The lowest BCUT2D eigenvalue weighted by Crippen LogP contribution is -2.32. The maximum Gasteiger partial charge on any atom is 0.143 e. The summed E-state index contributed by atoms with van der Waals surface area (Å²) in [4.78, 5) is 12.5. The summed E-state index contributed by atoms with van der Waals surface area (Å²) >= 11 is 0. The molecule has 3 rings (SSSR count). The van der Waals surface area contributed by atoms with Crippen molar-refractivity contribution in [3.8, 4) is 0 Å². The van der Waals surface area contributed by atoms with Gasteiger partial charge in [-0.1, -0.05) is 26.0 Å². The SMILES string of the molecule is C=CC[C@]1(C)C(=O)C2C3[C@H](C=C)C[C@@H]1[C@@]23C. The van der Waals surface area contributed by atoms with Gasteiger partial charge in [-0.05, 0) is 36.0 Å². The van der Waals surface area contributed by atoms with Crippen LogP contribution in [0.1, 0.15) is 26.7 Å². The first-order valence-corrected chi connectivity index (χ1v) is 6.29. The first kappa shape index (κ1) is 10.3. The Bertz CT molecular complexity index is 396. The highest BCUT2D eigenvalue weighted by molar-refractivity contribution is 5.95. The smallest absolute Gasteiger partial charge is 0.143 e. The fourth-order valence-electron chi connectivity index (χ4n) is 5.10. The van der Waals surface area contributed by atoms with Crippen molar-refractivity contribution in [2.75, 3.05) is 0 Å². The third kappa shape index (κ3) is 0.804. The molecule has 0 aliphatic heterocycles. The number of ketones is 1. The van der Waals surface area contributed by atoms with E-state index < -0.39 is 0 Å². The Morgan fingerprint density at radius 1 is 1.44 bits per heavy atom. The molecule has 3 saturated carbocycles. The molecule has 0 bridgehead atoms. The number of Topliss-reactive ketones (excluding diaryl/α,β-unsaturated/α-hetero) is 1. The number of hydrogen-bond donors (Lipinski definition) is 0. The summed E-state index contributed by atoms with van der Waals surface area (Å²) in [6.07, 6.45) is 6.01. The third-order valence-electron chi connectivity index (χ3n) is 5.84. The molecule has 0 N–H and O–H groups in total. The second kappa shape index (κ2) is 2.69. The molecule has 3 aliphatic carbocycles. The van der Waals surface area contributed by atoms with Gasteiger partial charge in [0, 0.05) is 11.3 Å². The van der Waals surface area contributed by atoms with E-state index in [1.807, 2.05) is 6.08 Å². The van der Waals surface area contributed by atoms with Gasteiger partial charge in [-0.2, -0.15) is 0 Å². The van der Waals surface area contributed by atoms with Gasteiger partial charge >= 0.3 is 0 Å². The molecule has 2 unspecified atom stereocenters. The summed E-state index contributed by atoms with van der Waals surface area (Å²) in [5, 5.41) is 0. The molecule has 1 heteroatoms. The Balaban J connectivity index is 2.03. The molecule has 3 fully saturated rings. The molecule has 16 heavy (non-hydrogen) atoms. The van der Waals surface area contributed by atoms with Gasteiger partial charge < -0.3 is 0 Å². The lowest BCUT2D eigenvalue weighted by molar-refractivity contribution is -0.128. The second-order valence-electron chi connectivity index (χ2n) is 6.33. The van der Waals surface area contributed by atoms with Crippen molar-refractivity contribution in [3.63, 3.8) is 0 Å². The minimum absolute atomic E-state index is 0.130. The summed E-state index contributed by atoms with van der Waals surface area (Å²) in [6, 6.07) is 0. The van der Waals surface area contributed by atoms with E-state index in [0.29, 0.717) is 34.9 Å². The Hall–Kier alpha value is -0.850. The Morgan fingerprint density at radius 2 is 2.12 bits per heavy atom. The van der Waals surface area contributed by atoms with Crippen LogP contribution in [-0.4, -0.2) is 5.78 Å². The number of allylic oxidation sites excluding steroid dienone is 2. The largest absolute Gasteiger partial charge is 0.299 e. The van der Waals surface area contributed by atoms with Crippen LogP contribution in [0.5, 0.6) is 0 Å². The molecule has 86 valence electrons. The van der Waals surface area contributed by atoms with Gasteiger partial charge in [0.05, 0.1) is 0 Å². The molecule has 3 aliphatic rings. The average Bonchev–Trinajstić information content (AvgIpc) is 2.71. The number of hydrogen-bond acceptors (Lipinski definition) is 1. The van der Waals surface area contributed by atoms with Gasteiger partial charge in [-0.25, -0.2) is 0 Å². The molecule has 0 radical (unpaired) electrons. The van der Waals surface area contributed by atoms with Crippen molar-refractivity contribution in [1.29, 1.82) is 0 Å². The standard InChI is InChI=1S/C15H20O/c1-5-7-14(3)10-8-9(6-2)11-12(13(14)16)15(10,11)4/h5-6,9-12H,1-2,7-8H2,3-4H3/t9-,10+,11?,12?,14+,15-/m1/s1. The van der Waals surface area contributed by atoms with Crippen molar-refractivity contribution in [3.05, 3.63) is 25.3 Å². The van der Waals surface area contributed by atoms with Gasteiger partial charge in [-0.15, -0.1) is 13.2 Å². The molecular weight excluding hydrogens is 196 g/mol. The molecule has 0 spiro atoms. The van der Waals surface area contributed by atoms with Crippen LogP contribution in [0.25, 0.3) is 0 Å². The van der Waals surface area contributed by atoms with E-state index in [0.717, 1.165) is 12.8 Å². The first-order valence-electron chi connectivity index (χ1n) is 6.29. The normalized spacial score (nSPS) is 57.2. The average molecular weight is 216 g/mol. The molecular formula is C15H20O. The highest BCUT2D eigenvalue weighted by atomic mass is 16.1. The van der Waals surface area contributed by atoms with Crippen molar-refractivity contribution in [2.24, 2.45) is 34.5 Å². The summed E-state index contributed by atoms with van der Waals surface area (Å²) in [5.74, 6) is 2.59. The summed E-state index contributed by atoms with van der Waals surface area (Å²) in [5.41, 5.74) is 0.170. The predicted molar refractivity (Wildman–Crippen MR) is 64.8 cm³/mol. The molecule has 0 aromatic carbocycles. The maximum atomic E-state index is 12.5. The number of rotatable bonds is 3. The van der Waals surface area contributed by atoms with Crippen molar-refractivity contribution in [2.45, 2.75) is 26.7 Å². The fraction of sp³-hybridized carbons (Fsp3) is 0.667. The van der Waals surface area contributed by atoms with E-state index in [1.54, 1.807) is 0 Å². The molecule has 0 aromatic heterocycles. The van der Waals surface area contributed by atoms with Gasteiger partial charge in [0.15, 0.2) is 0 Å². The minimum Gasteiger partial charge on any atom is -0.299 e. The third-order valence-corrected chi connectivity index (χ3v) is 5.84. The van der Waals surface area contributed by atoms with Crippen LogP contribution in [0.2, 0.25) is 0 Å². The van der Waals surface area contributed by atoms with Crippen LogP contribution < -0.4 is 0 Å². The zero-order valence-electron chi connectivity index (χ0n) is 10.2. The maximum absolute atomic E-state index is 12.5. The van der Waals surface area contributed by atoms with E-state index in [1.165, 1.54) is 0 Å². The molecule has 0 aromatic rings. The van der Waals surface area contributed by atoms with Crippen LogP contribution >= 0.6 is 0 Å². The van der Waals surface area contributed by atoms with Crippen LogP contribution in [-0.2, 0) is 4.79 Å². The molecule has 1 nitrogen and oxygen atoms in total. The fourth-order valence-corrected chi connectivity index (χ4v) is 5.10. The topological polar surface area (TPSA) is 17.1 Å². The lowest BCUT2D eigenvalue weighted by Gasteiger charge is -2.31. The second-order valence-corrected chi connectivity index (χ2v) is 6.33. The number of carbonyl (C=O) groups is 1. The van der Waals surface area contributed by atoms with E-state index in [9.17, 15) is 4.79 Å². The van der Waals surface area contributed by atoms with Gasteiger partial charge in [0.25, 0.3) is 0 Å². The molecule has 0 amide bonds.